The first kappa shape index (κ1) is 11.1. The Bertz CT molecular complexity index is 411. The molecule has 0 amide bonds. The summed E-state index contributed by atoms with van der Waals surface area (Å²) in [5.74, 6) is 0.962. The van der Waals surface area contributed by atoms with Crippen LogP contribution in [0.2, 0.25) is 0 Å². The highest BCUT2D eigenvalue weighted by Gasteiger charge is 2.30. The molecular formula is C14H19NO2. The van der Waals surface area contributed by atoms with Gasteiger partial charge in [0, 0.05) is 19.7 Å². The van der Waals surface area contributed by atoms with Crippen molar-refractivity contribution in [1.82, 2.24) is 5.32 Å². The molecule has 0 aliphatic carbocycles. The van der Waals surface area contributed by atoms with Crippen LogP contribution in [0.25, 0.3) is 0 Å². The van der Waals surface area contributed by atoms with Crippen LogP contribution in [0.1, 0.15) is 30.9 Å². The number of rotatable bonds is 3. The maximum atomic E-state index is 5.87. The van der Waals surface area contributed by atoms with Crippen molar-refractivity contribution < 1.29 is 9.47 Å². The summed E-state index contributed by atoms with van der Waals surface area (Å²) in [5, 5.41) is 3.34. The summed E-state index contributed by atoms with van der Waals surface area (Å²) in [5.41, 5.74) is 2.66. The summed E-state index contributed by atoms with van der Waals surface area (Å²) in [7, 11) is 0. The highest BCUT2D eigenvalue weighted by atomic mass is 16.5. The summed E-state index contributed by atoms with van der Waals surface area (Å²) in [6.07, 6.45) is 2.24. The fraction of sp³-hybridized carbons (Fsp3) is 0.571. The van der Waals surface area contributed by atoms with E-state index in [4.69, 9.17) is 9.47 Å². The zero-order chi connectivity index (χ0) is 11.7. The molecule has 0 aromatic heterocycles. The normalized spacial score (nSPS) is 27.1. The van der Waals surface area contributed by atoms with Crippen molar-refractivity contribution in [3.05, 3.63) is 29.3 Å². The van der Waals surface area contributed by atoms with Gasteiger partial charge in [-0.1, -0.05) is 6.07 Å². The van der Waals surface area contributed by atoms with Gasteiger partial charge in [-0.15, -0.1) is 0 Å². The van der Waals surface area contributed by atoms with Gasteiger partial charge in [-0.25, -0.2) is 0 Å². The number of fused-ring (bicyclic) bond motifs is 1. The van der Waals surface area contributed by atoms with E-state index in [-0.39, 0.29) is 5.60 Å². The van der Waals surface area contributed by atoms with Crippen LogP contribution in [0, 0.1) is 0 Å². The number of hydrogen-bond donors (Lipinski definition) is 1. The zero-order valence-electron chi connectivity index (χ0n) is 10.3. The van der Waals surface area contributed by atoms with E-state index in [1.807, 2.05) is 0 Å². The molecule has 2 aliphatic rings. The second-order valence-electron chi connectivity index (χ2n) is 5.22. The molecule has 0 radical (unpaired) electrons. The van der Waals surface area contributed by atoms with Crippen LogP contribution in [0.3, 0.4) is 0 Å². The summed E-state index contributed by atoms with van der Waals surface area (Å²) < 4.78 is 11.6. The average Bonchev–Trinajstić information content (AvgIpc) is 2.95. The van der Waals surface area contributed by atoms with Gasteiger partial charge in [-0.05, 0) is 43.0 Å². The van der Waals surface area contributed by atoms with E-state index in [9.17, 15) is 0 Å². The Morgan fingerprint density at radius 1 is 1.35 bits per heavy atom. The minimum atomic E-state index is -0.0860. The molecule has 3 heteroatoms. The van der Waals surface area contributed by atoms with Crippen LogP contribution in [-0.4, -0.2) is 18.8 Å². The molecular weight excluding hydrogens is 214 g/mol. The van der Waals surface area contributed by atoms with Crippen molar-refractivity contribution in [3.8, 4) is 5.75 Å². The van der Waals surface area contributed by atoms with Crippen LogP contribution in [0.15, 0.2) is 18.2 Å². The predicted octanol–water partition coefficient (Wildman–Crippen LogP) is 2.24. The monoisotopic (exact) mass is 233 g/mol. The zero-order valence-corrected chi connectivity index (χ0v) is 10.3. The maximum Gasteiger partial charge on any atom is 0.119 e. The Hall–Kier alpha value is -1.06. The smallest absolute Gasteiger partial charge is 0.119 e. The van der Waals surface area contributed by atoms with E-state index >= 15 is 0 Å². The first-order chi connectivity index (χ1) is 8.25. The van der Waals surface area contributed by atoms with Crippen molar-refractivity contribution in [2.75, 3.05) is 13.2 Å². The van der Waals surface area contributed by atoms with E-state index in [1.54, 1.807) is 0 Å². The third kappa shape index (κ3) is 2.31. The maximum absolute atomic E-state index is 5.87. The van der Waals surface area contributed by atoms with Crippen molar-refractivity contribution >= 4 is 0 Å². The summed E-state index contributed by atoms with van der Waals surface area (Å²) >= 11 is 0. The van der Waals surface area contributed by atoms with Gasteiger partial charge in [0.05, 0.1) is 5.60 Å². The lowest BCUT2D eigenvalue weighted by Crippen LogP contribution is -2.31. The molecule has 3 nitrogen and oxygen atoms in total. The summed E-state index contributed by atoms with van der Waals surface area (Å²) in [6, 6.07) is 6.36. The topological polar surface area (TPSA) is 30.5 Å². The standard InChI is InChI=1S/C14H19NO2/c1-14(5-2-6-17-14)10-16-13-4-3-11-8-15-9-12(11)7-13/h3-4,7,15H,2,5-6,8-10H2,1H3. The Kier molecular flexibility index (Phi) is 2.81. The number of hydrogen-bond acceptors (Lipinski definition) is 3. The fourth-order valence-electron chi connectivity index (χ4n) is 2.55. The van der Waals surface area contributed by atoms with E-state index in [2.05, 4.69) is 30.4 Å². The second-order valence-corrected chi connectivity index (χ2v) is 5.22. The van der Waals surface area contributed by atoms with Crippen LogP contribution < -0.4 is 10.1 Å². The molecule has 1 aromatic rings. The van der Waals surface area contributed by atoms with Gasteiger partial charge in [-0.2, -0.15) is 0 Å². The van der Waals surface area contributed by atoms with Crippen molar-refractivity contribution in [1.29, 1.82) is 0 Å². The van der Waals surface area contributed by atoms with Gasteiger partial charge in [0.25, 0.3) is 0 Å². The van der Waals surface area contributed by atoms with E-state index in [1.165, 1.54) is 11.1 Å². The van der Waals surface area contributed by atoms with Gasteiger partial charge >= 0.3 is 0 Å². The third-order valence-electron chi connectivity index (χ3n) is 3.65. The van der Waals surface area contributed by atoms with Crippen molar-refractivity contribution in [3.63, 3.8) is 0 Å². The van der Waals surface area contributed by atoms with E-state index in [0.717, 1.165) is 38.3 Å². The van der Waals surface area contributed by atoms with Gasteiger partial charge in [-0.3, -0.25) is 0 Å². The molecule has 1 N–H and O–H groups in total. The quantitative estimate of drug-likeness (QED) is 0.868. The molecule has 92 valence electrons. The SMILES string of the molecule is CC1(COc2ccc3c(c2)CNC3)CCCO1. The molecule has 0 saturated carbocycles. The molecule has 0 bridgehead atoms. The van der Waals surface area contributed by atoms with E-state index < -0.39 is 0 Å². The molecule has 1 unspecified atom stereocenters. The Morgan fingerprint density at radius 3 is 3.06 bits per heavy atom. The first-order valence-electron chi connectivity index (χ1n) is 6.34. The fourth-order valence-corrected chi connectivity index (χ4v) is 2.55. The predicted molar refractivity (Wildman–Crippen MR) is 66.1 cm³/mol. The van der Waals surface area contributed by atoms with Crippen LogP contribution >= 0.6 is 0 Å². The van der Waals surface area contributed by atoms with Crippen molar-refractivity contribution in [2.45, 2.75) is 38.5 Å². The van der Waals surface area contributed by atoms with Gasteiger partial charge in [0.15, 0.2) is 0 Å². The van der Waals surface area contributed by atoms with Crippen LogP contribution in [-0.2, 0) is 17.8 Å². The highest BCUT2D eigenvalue weighted by molar-refractivity contribution is 5.37. The molecule has 17 heavy (non-hydrogen) atoms. The minimum Gasteiger partial charge on any atom is -0.491 e. The molecule has 2 heterocycles. The molecule has 3 rings (SSSR count). The number of benzene rings is 1. The lowest BCUT2D eigenvalue weighted by Gasteiger charge is -2.23. The van der Waals surface area contributed by atoms with E-state index in [0.29, 0.717) is 6.61 Å². The van der Waals surface area contributed by atoms with Crippen LogP contribution in [0.5, 0.6) is 5.75 Å². The highest BCUT2D eigenvalue weighted by Crippen LogP contribution is 2.27. The van der Waals surface area contributed by atoms with Gasteiger partial charge in [0.1, 0.15) is 12.4 Å². The molecule has 1 aromatic carbocycles. The van der Waals surface area contributed by atoms with Crippen molar-refractivity contribution in [2.24, 2.45) is 0 Å². The van der Waals surface area contributed by atoms with Gasteiger partial charge in [0.2, 0.25) is 0 Å². The first-order valence-corrected chi connectivity index (χ1v) is 6.34. The molecule has 2 aliphatic heterocycles. The second kappa shape index (κ2) is 4.31. The largest absolute Gasteiger partial charge is 0.491 e. The Labute approximate surface area is 102 Å². The molecule has 0 spiro atoms. The number of ether oxygens (including phenoxy) is 2. The average molecular weight is 233 g/mol. The Balaban J connectivity index is 1.65. The number of nitrogens with one attached hydrogen (secondary N) is 1. The lowest BCUT2D eigenvalue weighted by atomic mass is 10.0. The summed E-state index contributed by atoms with van der Waals surface area (Å²) in [4.78, 5) is 0. The molecule has 1 fully saturated rings. The lowest BCUT2D eigenvalue weighted by molar-refractivity contribution is -0.0159. The minimum absolute atomic E-state index is 0.0860. The summed E-state index contributed by atoms with van der Waals surface area (Å²) in [6.45, 7) is 5.60. The van der Waals surface area contributed by atoms with Gasteiger partial charge < -0.3 is 14.8 Å². The van der Waals surface area contributed by atoms with Crippen LogP contribution in [0.4, 0.5) is 0 Å². The third-order valence-corrected chi connectivity index (χ3v) is 3.65. The molecule has 1 saturated heterocycles. The molecule has 1 atom stereocenters. The Morgan fingerprint density at radius 2 is 2.24 bits per heavy atom.